The molecular formula is C18H22S3. The minimum Gasteiger partial charge on any atom is -0.124 e. The normalized spacial score (nSPS) is 31.5. The smallest absolute Gasteiger partial charge is 0.0390 e. The quantitative estimate of drug-likeness (QED) is 0.532. The Morgan fingerprint density at radius 1 is 0.905 bits per heavy atom. The molecular weight excluding hydrogens is 312 g/mol. The molecule has 112 valence electrons. The third kappa shape index (κ3) is 4.73. The molecule has 0 heterocycles. The van der Waals surface area contributed by atoms with E-state index < -0.39 is 0 Å². The van der Waals surface area contributed by atoms with Gasteiger partial charge in [0.25, 0.3) is 0 Å². The van der Waals surface area contributed by atoms with Gasteiger partial charge in [0.05, 0.1) is 0 Å². The Balaban J connectivity index is 1.94. The van der Waals surface area contributed by atoms with Gasteiger partial charge in [-0.2, -0.15) is 0 Å². The van der Waals surface area contributed by atoms with Gasteiger partial charge in [0.2, 0.25) is 0 Å². The van der Waals surface area contributed by atoms with E-state index in [0.717, 1.165) is 12.8 Å². The largest absolute Gasteiger partial charge is 0.124 e. The van der Waals surface area contributed by atoms with E-state index in [9.17, 15) is 0 Å². The van der Waals surface area contributed by atoms with Crippen molar-refractivity contribution >= 4 is 35.3 Å². The third-order valence-corrected chi connectivity index (χ3v) is 6.65. The fourth-order valence-electron chi connectivity index (χ4n) is 2.24. The maximum absolute atomic E-state index is 3.82. The summed E-state index contributed by atoms with van der Waals surface area (Å²) >= 11 is 5.44. The summed E-state index contributed by atoms with van der Waals surface area (Å²) in [5.74, 6) is 0. The molecule has 0 N–H and O–H groups in total. The summed E-state index contributed by atoms with van der Waals surface area (Å²) < 4.78 is 0.337. The minimum absolute atomic E-state index is 0.168. The molecule has 0 aromatic carbocycles. The zero-order chi connectivity index (χ0) is 15.3. The van der Waals surface area contributed by atoms with Crippen LogP contribution in [0.1, 0.15) is 26.7 Å². The first-order chi connectivity index (χ1) is 9.99. The molecule has 0 bridgehead atoms. The van der Waals surface area contributed by atoms with Crippen LogP contribution in [-0.2, 0) is 0 Å². The van der Waals surface area contributed by atoms with E-state index in [1.54, 1.807) is 23.5 Å². The molecule has 0 saturated carbocycles. The van der Waals surface area contributed by atoms with Gasteiger partial charge in [-0.1, -0.05) is 61.4 Å². The molecule has 0 saturated heterocycles. The molecule has 0 aromatic heterocycles. The van der Waals surface area contributed by atoms with Gasteiger partial charge in [-0.3, -0.25) is 0 Å². The van der Waals surface area contributed by atoms with E-state index in [4.69, 9.17) is 0 Å². The second-order valence-corrected chi connectivity index (χ2v) is 9.73. The Kier molecular flexibility index (Phi) is 5.75. The van der Waals surface area contributed by atoms with Crippen LogP contribution < -0.4 is 0 Å². The van der Waals surface area contributed by atoms with E-state index in [1.165, 1.54) is 9.81 Å². The van der Waals surface area contributed by atoms with Crippen LogP contribution >= 0.6 is 35.3 Å². The Morgan fingerprint density at radius 3 is 1.62 bits per heavy atom. The van der Waals surface area contributed by atoms with E-state index in [1.807, 2.05) is 22.6 Å². The zero-order valence-corrected chi connectivity index (χ0v) is 15.1. The number of allylic oxidation sites excluding steroid dienone is 4. The first-order valence-electron chi connectivity index (χ1n) is 7.03. The van der Waals surface area contributed by atoms with E-state index >= 15 is 0 Å². The molecule has 21 heavy (non-hydrogen) atoms. The first-order valence-corrected chi connectivity index (χ1v) is 9.60. The standard InChI is InChI=1S/C18H22S3/c1-5-19-17(3)11-7-15(8-12-17)21-16-9-13-18(4,14-10-16)20-6-2/h5-11,13H,1-2,12,14H2,3-4H3. The summed E-state index contributed by atoms with van der Waals surface area (Å²) in [5, 5.41) is 3.86. The van der Waals surface area contributed by atoms with Crippen LogP contribution in [-0.4, -0.2) is 9.49 Å². The predicted octanol–water partition coefficient (Wildman–Crippen LogP) is 6.68. The monoisotopic (exact) mass is 334 g/mol. The fraction of sp³-hybridized carbons (Fsp3) is 0.333. The molecule has 0 fully saturated rings. The molecule has 2 aliphatic carbocycles. The SMILES string of the molecule is C=CSC1(C)C=CC(SC2=CCC(C)(SC=C)C=C2)=CC1. The van der Waals surface area contributed by atoms with Crippen LogP contribution in [0, 0.1) is 0 Å². The first kappa shape index (κ1) is 16.9. The van der Waals surface area contributed by atoms with Crippen LogP contribution in [0.25, 0.3) is 0 Å². The molecule has 2 unspecified atom stereocenters. The molecule has 0 spiro atoms. The number of rotatable bonds is 6. The van der Waals surface area contributed by atoms with Crippen LogP contribution in [0.4, 0.5) is 0 Å². The van der Waals surface area contributed by atoms with Crippen molar-refractivity contribution in [1.29, 1.82) is 0 Å². The highest BCUT2D eigenvalue weighted by Crippen LogP contribution is 2.42. The fourth-order valence-corrected chi connectivity index (χ4v) is 4.53. The second kappa shape index (κ2) is 7.17. The van der Waals surface area contributed by atoms with Crippen molar-refractivity contribution in [1.82, 2.24) is 0 Å². The Morgan fingerprint density at radius 2 is 1.33 bits per heavy atom. The van der Waals surface area contributed by atoms with Gasteiger partial charge in [-0.25, -0.2) is 0 Å². The Bertz CT molecular complexity index is 491. The van der Waals surface area contributed by atoms with Gasteiger partial charge in [0.1, 0.15) is 0 Å². The van der Waals surface area contributed by atoms with Crippen molar-refractivity contribution in [2.24, 2.45) is 0 Å². The summed E-state index contributed by atoms with van der Waals surface area (Å²) in [4.78, 5) is 2.68. The van der Waals surface area contributed by atoms with Crippen molar-refractivity contribution in [3.05, 3.63) is 70.2 Å². The van der Waals surface area contributed by atoms with Crippen molar-refractivity contribution in [2.75, 3.05) is 0 Å². The highest BCUT2D eigenvalue weighted by Gasteiger charge is 2.24. The van der Waals surface area contributed by atoms with Crippen molar-refractivity contribution in [3.63, 3.8) is 0 Å². The highest BCUT2D eigenvalue weighted by atomic mass is 32.2. The molecule has 2 aliphatic rings. The maximum Gasteiger partial charge on any atom is 0.0390 e. The summed E-state index contributed by atoms with van der Waals surface area (Å²) in [7, 11) is 0. The van der Waals surface area contributed by atoms with Crippen molar-refractivity contribution in [2.45, 2.75) is 36.2 Å². The van der Waals surface area contributed by atoms with Crippen molar-refractivity contribution < 1.29 is 0 Å². The number of hydrogen-bond donors (Lipinski definition) is 0. The van der Waals surface area contributed by atoms with Gasteiger partial charge in [-0.15, -0.1) is 23.5 Å². The van der Waals surface area contributed by atoms with E-state index in [2.05, 4.69) is 63.5 Å². The zero-order valence-electron chi connectivity index (χ0n) is 12.7. The molecule has 0 amide bonds. The molecule has 0 radical (unpaired) electrons. The predicted molar refractivity (Wildman–Crippen MR) is 104 cm³/mol. The van der Waals surface area contributed by atoms with E-state index in [-0.39, 0.29) is 9.49 Å². The van der Waals surface area contributed by atoms with E-state index in [0.29, 0.717) is 0 Å². The number of thioether (sulfide) groups is 3. The second-order valence-electron chi connectivity index (χ2n) is 5.58. The Hall–Kier alpha value is -0.510. The lowest BCUT2D eigenvalue weighted by atomic mass is 10.0. The molecule has 2 rings (SSSR count). The van der Waals surface area contributed by atoms with Gasteiger partial charge in [-0.05, 0) is 37.5 Å². The lowest BCUT2D eigenvalue weighted by molar-refractivity contribution is 0.798. The van der Waals surface area contributed by atoms with Gasteiger partial charge in [0, 0.05) is 19.3 Å². The van der Waals surface area contributed by atoms with Gasteiger partial charge < -0.3 is 0 Å². The van der Waals surface area contributed by atoms with Crippen molar-refractivity contribution in [3.8, 4) is 0 Å². The lowest BCUT2D eigenvalue weighted by Gasteiger charge is -2.27. The summed E-state index contributed by atoms with van der Waals surface area (Å²) in [6.07, 6.45) is 15.9. The third-order valence-electron chi connectivity index (χ3n) is 3.56. The van der Waals surface area contributed by atoms with Gasteiger partial charge >= 0.3 is 0 Å². The lowest BCUT2D eigenvalue weighted by Crippen LogP contribution is -2.17. The average molecular weight is 335 g/mol. The summed E-state index contributed by atoms with van der Waals surface area (Å²) in [6, 6.07) is 0. The molecule has 2 atom stereocenters. The Labute approximate surface area is 141 Å². The molecule has 0 nitrogen and oxygen atoms in total. The maximum atomic E-state index is 3.82. The van der Waals surface area contributed by atoms with Crippen LogP contribution in [0.15, 0.2) is 70.2 Å². The number of hydrogen-bond acceptors (Lipinski definition) is 3. The molecule has 3 heteroatoms. The highest BCUT2D eigenvalue weighted by molar-refractivity contribution is 8.07. The topological polar surface area (TPSA) is 0 Å². The van der Waals surface area contributed by atoms with Crippen LogP contribution in [0.5, 0.6) is 0 Å². The average Bonchev–Trinajstić information content (AvgIpc) is 2.45. The molecule has 0 aliphatic heterocycles. The summed E-state index contributed by atoms with van der Waals surface area (Å²) in [5.41, 5.74) is 0. The summed E-state index contributed by atoms with van der Waals surface area (Å²) in [6.45, 7) is 12.1. The van der Waals surface area contributed by atoms with Crippen LogP contribution in [0.2, 0.25) is 0 Å². The van der Waals surface area contributed by atoms with Crippen LogP contribution in [0.3, 0.4) is 0 Å². The van der Waals surface area contributed by atoms with Gasteiger partial charge in [0.15, 0.2) is 0 Å². The molecule has 0 aromatic rings. The minimum atomic E-state index is 0.168.